The summed E-state index contributed by atoms with van der Waals surface area (Å²) < 4.78 is 0.764. The summed E-state index contributed by atoms with van der Waals surface area (Å²) >= 11 is 3.23. The average Bonchev–Trinajstić information content (AvgIpc) is 4.23. The monoisotopic (exact) mass is 1190 g/mol. The first-order chi connectivity index (χ1) is 34.9. The van der Waals surface area contributed by atoms with Crippen molar-refractivity contribution in [2.45, 2.75) is 154 Å². The molecule has 0 unspecified atom stereocenters. The zero-order valence-corrected chi connectivity index (χ0v) is 48.7. The number of carbonyl (C=O) groups excluding carboxylic acids is 1. The van der Waals surface area contributed by atoms with Gasteiger partial charge in [0.25, 0.3) is 5.91 Å². The van der Waals surface area contributed by atoms with Gasteiger partial charge in [0.15, 0.2) is 22.6 Å². The Labute approximate surface area is 471 Å². The fraction of sp³-hybridized carbons (Fsp3) is 0.528. The first-order valence-electron chi connectivity index (χ1n) is 26.0. The van der Waals surface area contributed by atoms with Gasteiger partial charge in [0, 0.05) is 93.0 Å². The van der Waals surface area contributed by atoms with E-state index in [9.17, 15) is 4.79 Å². The van der Waals surface area contributed by atoms with E-state index < -0.39 is 0 Å². The number of carbonyl (C=O) groups is 1. The molecule has 6 radical (unpaired) electrons. The molecule has 1 amide bonds. The molecule has 22 heteroatoms. The summed E-state index contributed by atoms with van der Waals surface area (Å²) in [5, 5.41) is 6.16. The molecule has 0 atom stereocenters. The number of aromatic nitrogens is 12. The lowest BCUT2D eigenvalue weighted by Gasteiger charge is -2.24. The highest BCUT2D eigenvalue weighted by atomic mass is 127. The van der Waals surface area contributed by atoms with Crippen LogP contribution in [0.25, 0.3) is 44.7 Å². The van der Waals surface area contributed by atoms with E-state index in [0.717, 1.165) is 67.2 Å². The predicted octanol–water partition coefficient (Wildman–Crippen LogP) is 10.2. The van der Waals surface area contributed by atoms with Gasteiger partial charge in [-0.15, -0.1) is 24.0 Å². The summed E-state index contributed by atoms with van der Waals surface area (Å²) in [6.45, 7) is 5.95. The Morgan fingerprint density at radius 1 is 0.587 bits per heavy atom. The number of aryl methyl sites for hydroxylation is 1. The van der Waals surface area contributed by atoms with E-state index in [0.29, 0.717) is 34.9 Å². The second kappa shape index (κ2) is 29.2. The third-order valence-corrected chi connectivity index (χ3v) is 14.9. The van der Waals surface area contributed by atoms with E-state index in [-0.39, 0.29) is 52.8 Å². The molecule has 4 saturated carbocycles. The Balaban J connectivity index is 0.000000179. The highest BCUT2D eigenvalue weighted by Crippen LogP contribution is 2.29. The molecule has 8 aromatic heterocycles. The van der Waals surface area contributed by atoms with Gasteiger partial charge in [0.1, 0.15) is 44.1 Å². The number of nitrogens with one attached hydrogen (secondary N) is 6. The minimum absolute atomic E-state index is 0. The number of hydrogen-bond donors (Lipinski definition) is 6. The molecule has 12 rings (SSSR count). The zero-order chi connectivity index (χ0) is 50.6. The fourth-order valence-electron chi connectivity index (χ4n) is 10.2. The van der Waals surface area contributed by atoms with E-state index in [2.05, 4.69) is 131 Å². The first kappa shape index (κ1) is 60.5. The maximum Gasteiger partial charge on any atom is 0.255 e. The molecule has 0 saturated heterocycles. The number of halogens is 2. The van der Waals surface area contributed by atoms with Crippen LogP contribution in [0.5, 0.6) is 0 Å². The number of aromatic amines is 4. The van der Waals surface area contributed by atoms with Gasteiger partial charge in [-0.1, -0.05) is 51.4 Å². The summed E-state index contributed by atoms with van der Waals surface area (Å²) in [4.78, 5) is 66.6. The maximum absolute atomic E-state index is 12.3. The SMILES string of the molecule is Brc1cnc2[nH]ccc2n1.CC(C)NC(=O)c1c[nH]c2ncc(N(C)C3CCCC3)nc12.CN(c1cnc2[nH]ccc2n1)C1CCCC1.CNC1CCCC1.Cc1c[nH]c2ncc(N(C)C3CCCC3)nc12.I.[B].[B]. The van der Waals surface area contributed by atoms with E-state index in [4.69, 9.17) is 4.98 Å². The van der Waals surface area contributed by atoms with Gasteiger partial charge in [-0.3, -0.25) is 4.79 Å². The van der Waals surface area contributed by atoms with Gasteiger partial charge in [-0.2, -0.15) is 0 Å². The highest BCUT2D eigenvalue weighted by Gasteiger charge is 2.24. The first-order valence-corrected chi connectivity index (χ1v) is 26.8. The van der Waals surface area contributed by atoms with Crippen LogP contribution in [-0.4, -0.2) is 141 Å². The lowest BCUT2D eigenvalue weighted by atomic mass is 10.2. The van der Waals surface area contributed by atoms with Crippen LogP contribution in [0.4, 0.5) is 17.5 Å². The van der Waals surface area contributed by atoms with Gasteiger partial charge < -0.3 is 45.3 Å². The van der Waals surface area contributed by atoms with Gasteiger partial charge in [0.2, 0.25) is 0 Å². The highest BCUT2D eigenvalue weighted by molar-refractivity contribution is 14.0. The Morgan fingerprint density at radius 3 is 1.48 bits per heavy atom. The number of anilines is 3. The smallest absolute Gasteiger partial charge is 0.255 e. The van der Waals surface area contributed by atoms with Crippen LogP contribution in [-0.2, 0) is 0 Å². The van der Waals surface area contributed by atoms with Crippen LogP contribution in [0.1, 0.15) is 133 Å². The molecule has 8 heterocycles. The van der Waals surface area contributed by atoms with Gasteiger partial charge >= 0.3 is 0 Å². The molecule has 0 aromatic carbocycles. The van der Waals surface area contributed by atoms with Crippen molar-refractivity contribution >= 4 is 125 Å². The summed E-state index contributed by atoms with van der Waals surface area (Å²) in [7, 11) is 8.37. The summed E-state index contributed by atoms with van der Waals surface area (Å²) in [5.41, 5.74) is 8.40. The number of H-pyrrole nitrogens is 4. The molecular formula is C53H75B2BrIN17O. The van der Waals surface area contributed by atoms with Gasteiger partial charge in [-0.05, 0) is 113 Å². The summed E-state index contributed by atoms with van der Waals surface area (Å²) in [6, 6.07) is 6.60. The lowest BCUT2D eigenvalue weighted by molar-refractivity contribution is 0.0944. The van der Waals surface area contributed by atoms with Crippen LogP contribution in [0, 0.1) is 6.92 Å². The molecule has 8 aromatic rings. The standard InChI is InChI=1S/C16H23N5O.C13H18N4.C12H16N4.C6H4BrN3.C6H13N.2B.HI/c1-10(2)19-16(22)12-8-17-15-14(12)20-13(9-18-15)21(3)11-6-4-5-7-11;1-9-7-14-13-12(9)16-11(8-15-13)17(2)10-5-3-4-6-10;1-16(9-4-2-3-5-9)11-8-14-12-10(15-11)6-7-13-12;7-5-3-9-6-4(10-5)1-2-8-6;1-7-6-4-2-3-5-6;;;/h8-11H,4-7H2,1-3H3,(H,17,18)(H,19,22);7-8,10H,3-6H2,1-2H3,(H,14,15);6-9H,2-5H2,1H3,(H,13,14);1-3H,(H,8,9);6-7H,2-5H2,1H3;;;1H. The predicted molar refractivity (Wildman–Crippen MR) is 321 cm³/mol. The molecule has 4 aliphatic rings. The zero-order valence-electron chi connectivity index (χ0n) is 44.7. The summed E-state index contributed by atoms with van der Waals surface area (Å²) in [5.74, 6) is 2.69. The second-order valence-corrected chi connectivity index (χ2v) is 20.7. The van der Waals surface area contributed by atoms with E-state index >= 15 is 0 Å². The molecule has 6 N–H and O–H groups in total. The number of nitrogens with zero attached hydrogens (tertiary/aromatic N) is 11. The quantitative estimate of drug-likeness (QED) is 0.0587. The normalized spacial score (nSPS) is 15.6. The molecule has 0 aliphatic heterocycles. The number of amides is 1. The van der Waals surface area contributed by atoms with Crippen LogP contribution < -0.4 is 25.3 Å². The Morgan fingerprint density at radius 2 is 1.00 bits per heavy atom. The topological polar surface area (TPSA) is 217 Å². The molecule has 4 fully saturated rings. The van der Waals surface area contributed by atoms with Gasteiger partial charge in [0.05, 0.1) is 30.4 Å². The largest absolute Gasteiger partial charge is 0.355 e. The van der Waals surface area contributed by atoms with Crippen molar-refractivity contribution in [2.75, 3.05) is 42.9 Å². The minimum atomic E-state index is -0.115. The van der Waals surface area contributed by atoms with Crippen molar-refractivity contribution in [1.29, 1.82) is 0 Å². The van der Waals surface area contributed by atoms with Crippen LogP contribution in [0.2, 0.25) is 0 Å². The molecule has 4 aliphatic carbocycles. The van der Waals surface area contributed by atoms with Crippen molar-refractivity contribution in [3.05, 3.63) is 77.4 Å². The number of hydrogen-bond acceptors (Lipinski definition) is 13. The molecular weight excluding hydrogens is 1120 g/mol. The third-order valence-electron chi connectivity index (χ3n) is 14.5. The van der Waals surface area contributed by atoms with Crippen LogP contribution in [0.15, 0.2) is 66.3 Å². The van der Waals surface area contributed by atoms with Gasteiger partial charge in [-0.25, -0.2) is 39.9 Å². The van der Waals surface area contributed by atoms with E-state index in [1.807, 2.05) is 57.0 Å². The molecule has 75 heavy (non-hydrogen) atoms. The minimum Gasteiger partial charge on any atom is -0.355 e. The molecule has 398 valence electrons. The lowest BCUT2D eigenvalue weighted by Crippen LogP contribution is -2.30. The van der Waals surface area contributed by atoms with Crippen molar-refractivity contribution in [2.24, 2.45) is 0 Å². The van der Waals surface area contributed by atoms with Crippen molar-refractivity contribution < 1.29 is 4.79 Å². The molecule has 18 nitrogen and oxygen atoms in total. The maximum atomic E-state index is 12.3. The van der Waals surface area contributed by atoms with E-state index in [1.165, 1.54) is 103 Å². The number of fused-ring (bicyclic) bond motifs is 4. The Kier molecular flexibility index (Phi) is 23.6. The number of rotatable bonds is 9. The van der Waals surface area contributed by atoms with E-state index in [1.54, 1.807) is 18.6 Å². The third kappa shape index (κ3) is 15.9. The average molecular weight is 1190 g/mol. The van der Waals surface area contributed by atoms with Crippen molar-refractivity contribution in [3.8, 4) is 0 Å². The van der Waals surface area contributed by atoms with Crippen LogP contribution in [0.3, 0.4) is 0 Å². The van der Waals surface area contributed by atoms with Crippen LogP contribution >= 0.6 is 39.9 Å². The van der Waals surface area contributed by atoms with Crippen molar-refractivity contribution in [1.82, 2.24) is 70.4 Å². The Hall–Kier alpha value is -5.35. The fourth-order valence-corrected chi connectivity index (χ4v) is 10.5. The Bertz CT molecular complexity index is 2960. The molecule has 0 spiro atoms. The summed E-state index contributed by atoms with van der Waals surface area (Å²) in [6.07, 6.45) is 35.6. The molecule has 0 bridgehead atoms. The second-order valence-electron chi connectivity index (χ2n) is 19.9. The van der Waals surface area contributed by atoms with Crippen molar-refractivity contribution in [3.63, 3.8) is 0 Å².